The Balaban J connectivity index is 1.49. The number of carbonyl (C=O) groups excluding carboxylic acids is 1. The summed E-state index contributed by atoms with van der Waals surface area (Å²) < 4.78 is 11.1. The topological polar surface area (TPSA) is 73.6 Å². The summed E-state index contributed by atoms with van der Waals surface area (Å²) >= 11 is 0. The van der Waals surface area contributed by atoms with Crippen molar-refractivity contribution in [2.45, 2.75) is 26.4 Å². The molecule has 31 heavy (non-hydrogen) atoms. The second-order valence-electron chi connectivity index (χ2n) is 7.71. The van der Waals surface area contributed by atoms with E-state index in [0.717, 1.165) is 28.0 Å². The van der Waals surface area contributed by atoms with Gasteiger partial charge in [-0.2, -0.15) is 0 Å². The predicted octanol–water partition coefficient (Wildman–Crippen LogP) is 4.10. The van der Waals surface area contributed by atoms with Gasteiger partial charge >= 0.3 is 0 Å². The summed E-state index contributed by atoms with van der Waals surface area (Å²) in [4.78, 5) is 12.1. The second kappa shape index (κ2) is 10.8. The smallest absolute Gasteiger partial charge is 0.183 e. The highest BCUT2D eigenvalue weighted by molar-refractivity contribution is 5.81. The monoisotopic (exact) mass is 418 g/mol. The van der Waals surface area contributed by atoms with E-state index >= 15 is 0 Å². The van der Waals surface area contributed by atoms with Crippen LogP contribution in [0.2, 0.25) is 0 Å². The van der Waals surface area contributed by atoms with Crippen molar-refractivity contribution in [3.63, 3.8) is 0 Å². The SMILES string of the molecule is COc1cc(C)ccc1C(N)c1ccc(OCC(=O)CNCc2ccc(C)cc2)cc1. The summed E-state index contributed by atoms with van der Waals surface area (Å²) in [7, 11) is 1.65. The number of ketones is 1. The van der Waals surface area contributed by atoms with Gasteiger partial charge in [-0.05, 0) is 48.7 Å². The van der Waals surface area contributed by atoms with Crippen LogP contribution in [0.3, 0.4) is 0 Å². The molecule has 0 saturated carbocycles. The van der Waals surface area contributed by atoms with Crippen molar-refractivity contribution in [1.82, 2.24) is 5.32 Å². The Bertz CT molecular complexity index is 998. The Labute approximate surface area is 184 Å². The third-order valence-corrected chi connectivity index (χ3v) is 5.13. The highest BCUT2D eigenvalue weighted by atomic mass is 16.5. The van der Waals surface area contributed by atoms with Crippen molar-refractivity contribution in [2.75, 3.05) is 20.3 Å². The first-order valence-corrected chi connectivity index (χ1v) is 10.4. The van der Waals surface area contributed by atoms with E-state index in [9.17, 15) is 4.79 Å². The zero-order valence-electron chi connectivity index (χ0n) is 18.4. The van der Waals surface area contributed by atoms with Crippen molar-refractivity contribution in [3.05, 3.63) is 94.5 Å². The first kappa shape index (κ1) is 22.5. The summed E-state index contributed by atoms with van der Waals surface area (Å²) in [6, 6.07) is 21.4. The number of benzene rings is 3. The molecule has 0 bridgehead atoms. The minimum atomic E-state index is -0.308. The Morgan fingerprint density at radius 2 is 1.65 bits per heavy atom. The normalized spacial score (nSPS) is 11.7. The van der Waals surface area contributed by atoms with Gasteiger partial charge in [-0.25, -0.2) is 0 Å². The first-order chi connectivity index (χ1) is 15.0. The van der Waals surface area contributed by atoms with E-state index in [4.69, 9.17) is 15.2 Å². The maximum absolute atomic E-state index is 12.1. The van der Waals surface area contributed by atoms with Crippen LogP contribution in [0.1, 0.15) is 33.9 Å². The van der Waals surface area contributed by atoms with E-state index in [-0.39, 0.29) is 25.0 Å². The van der Waals surface area contributed by atoms with Crippen LogP contribution in [0.5, 0.6) is 11.5 Å². The molecule has 1 unspecified atom stereocenters. The molecule has 0 radical (unpaired) electrons. The maximum atomic E-state index is 12.1. The molecule has 3 N–H and O–H groups in total. The van der Waals surface area contributed by atoms with E-state index < -0.39 is 0 Å². The summed E-state index contributed by atoms with van der Waals surface area (Å²) in [6.07, 6.45) is 0. The fourth-order valence-electron chi connectivity index (χ4n) is 3.29. The number of hydrogen-bond acceptors (Lipinski definition) is 5. The summed E-state index contributed by atoms with van der Waals surface area (Å²) in [6.45, 7) is 5.02. The molecule has 1 atom stereocenters. The fraction of sp³-hybridized carbons (Fsp3) is 0.269. The van der Waals surface area contributed by atoms with Crippen LogP contribution in [0.15, 0.2) is 66.7 Å². The number of aryl methyl sites for hydroxylation is 2. The van der Waals surface area contributed by atoms with Crippen molar-refractivity contribution >= 4 is 5.78 Å². The molecule has 0 amide bonds. The quantitative estimate of drug-likeness (QED) is 0.519. The van der Waals surface area contributed by atoms with Crippen molar-refractivity contribution < 1.29 is 14.3 Å². The fourth-order valence-corrected chi connectivity index (χ4v) is 3.29. The van der Waals surface area contributed by atoms with Crippen LogP contribution in [-0.4, -0.2) is 26.0 Å². The van der Waals surface area contributed by atoms with Crippen LogP contribution in [-0.2, 0) is 11.3 Å². The summed E-state index contributed by atoms with van der Waals surface area (Å²) in [5.41, 5.74) is 11.8. The van der Waals surface area contributed by atoms with Gasteiger partial charge in [-0.3, -0.25) is 4.79 Å². The zero-order chi connectivity index (χ0) is 22.2. The lowest BCUT2D eigenvalue weighted by Crippen LogP contribution is -2.26. The van der Waals surface area contributed by atoms with Gasteiger partial charge in [0.05, 0.1) is 19.7 Å². The van der Waals surface area contributed by atoms with Gasteiger partial charge in [0.25, 0.3) is 0 Å². The lowest BCUT2D eigenvalue weighted by Gasteiger charge is -2.17. The summed E-state index contributed by atoms with van der Waals surface area (Å²) in [5.74, 6) is 1.41. The van der Waals surface area contributed by atoms with Gasteiger partial charge in [0, 0.05) is 12.1 Å². The van der Waals surface area contributed by atoms with E-state index in [1.807, 2.05) is 49.4 Å². The molecule has 3 rings (SSSR count). The highest BCUT2D eigenvalue weighted by Crippen LogP contribution is 2.30. The number of ether oxygens (including phenoxy) is 2. The average molecular weight is 419 g/mol. The second-order valence-corrected chi connectivity index (χ2v) is 7.71. The van der Waals surface area contributed by atoms with Gasteiger partial charge in [0.2, 0.25) is 0 Å². The molecule has 0 heterocycles. The third-order valence-electron chi connectivity index (χ3n) is 5.13. The summed E-state index contributed by atoms with van der Waals surface area (Å²) in [5, 5.41) is 3.16. The molecule has 5 nitrogen and oxygen atoms in total. The number of Topliss-reactive ketones (excluding diaryl/α,β-unsaturated/α-hetero) is 1. The third kappa shape index (κ3) is 6.41. The Kier molecular flexibility index (Phi) is 7.82. The Morgan fingerprint density at radius 3 is 2.32 bits per heavy atom. The van der Waals surface area contributed by atoms with Gasteiger partial charge < -0.3 is 20.5 Å². The first-order valence-electron chi connectivity index (χ1n) is 10.4. The lowest BCUT2D eigenvalue weighted by atomic mass is 9.97. The van der Waals surface area contributed by atoms with Crippen molar-refractivity contribution in [3.8, 4) is 11.5 Å². The van der Waals surface area contributed by atoms with E-state index in [1.54, 1.807) is 7.11 Å². The highest BCUT2D eigenvalue weighted by Gasteiger charge is 2.14. The number of nitrogens with two attached hydrogens (primary N) is 1. The Morgan fingerprint density at radius 1 is 0.968 bits per heavy atom. The molecule has 162 valence electrons. The van der Waals surface area contributed by atoms with Gasteiger partial charge in [0.1, 0.15) is 18.1 Å². The largest absolute Gasteiger partial charge is 0.496 e. The molecule has 0 aliphatic heterocycles. The molecule has 0 fully saturated rings. The minimum absolute atomic E-state index is 0.00252. The number of carbonyl (C=O) groups is 1. The molecule has 0 aliphatic carbocycles. The van der Waals surface area contributed by atoms with Crippen LogP contribution in [0, 0.1) is 13.8 Å². The van der Waals surface area contributed by atoms with Crippen LogP contribution in [0.4, 0.5) is 0 Å². The Hall–Kier alpha value is -3.15. The van der Waals surface area contributed by atoms with E-state index in [0.29, 0.717) is 12.3 Å². The molecule has 3 aromatic carbocycles. The van der Waals surface area contributed by atoms with Gasteiger partial charge in [-0.15, -0.1) is 0 Å². The number of hydrogen-bond donors (Lipinski definition) is 2. The van der Waals surface area contributed by atoms with E-state index in [1.165, 1.54) is 5.56 Å². The van der Waals surface area contributed by atoms with Gasteiger partial charge in [-0.1, -0.05) is 54.1 Å². The number of methoxy groups -OCH3 is 1. The molecule has 0 saturated heterocycles. The molecule has 3 aromatic rings. The minimum Gasteiger partial charge on any atom is -0.496 e. The average Bonchev–Trinajstić information content (AvgIpc) is 2.79. The molecule has 0 spiro atoms. The number of nitrogens with one attached hydrogen (secondary N) is 1. The van der Waals surface area contributed by atoms with Crippen LogP contribution < -0.4 is 20.5 Å². The standard InChI is InChI=1S/C26H30N2O3/c1-18-4-7-20(8-5-18)15-28-16-22(29)17-31-23-11-9-21(10-12-23)26(27)24-13-6-19(2)14-25(24)30-3/h4-14,26,28H,15-17,27H2,1-3H3. The van der Waals surface area contributed by atoms with Crippen molar-refractivity contribution in [1.29, 1.82) is 0 Å². The predicted molar refractivity (Wildman–Crippen MR) is 124 cm³/mol. The molecule has 0 aliphatic rings. The van der Waals surface area contributed by atoms with Crippen LogP contribution >= 0.6 is 0 Å². The van der Waals surface area contributed by atoms with E-state index in [2.05, 4.69) is 36.5 Å². The van der Waals surface area contributed by atoms with Gasteiger partial charge in [0.15, 0.2) is 5.78 Å². The van der Waals surface area contributed by atoms with Crippen molar-refractivity contribution in [2.24, 2.45) is 5.73 Å². The molecule has 0 aromatic heterocycles. The maximum Gasteiger partial charge on any atom is 0.183 e. The molecular weight excluding hydrogens is 388 g/mol. The number of rotatable bonds is 10. The lowest BCUT2D eigenvalue weighted by molar-refractivity contribution is -0.120. The molecule has 5 heteroatoms. The molecular formula is C26H30N2O3. The van der Waals surface area contributed by atoms with Crippen LogP contribution in [0.25, 0.3) is 0 Å². The zero-order valence-corrected chi connectivity index (χ0v) is 18.4.